The van der Waals surface area contributed by atoms with Crippen LogP contribution >= 0.6 is 0 Å². The molecule has 0 fully saturated rings. The third-order valence-electron chi connectivity index (χ3n) is 4.88. The van der Waals surface area contributed by atoms with E-state index >= 15 is 0 Å². The van der Waals surface area contributed by atoms with E-state index in [1.807, 2.05) is 31.2 Å². The Labute approximate surface area is 159 Å². The van der Waals surface area contributed by atoms with E-state index in [1.165, 1.54) is 22.3 Å². The zero-order valence-corrected chi connectivity index (χ0v) is 15.5. The van der Waals surface area contributed by atoms with Crippen LogP contribution in [0, 0.1) is 6.92 Å². The van der Waals surface area contributed by atoms with Crippen LogP contribution in [0.2, 0.25) is 0 Å². The van der Waals surface area contributed by atoms with Crippen LogP contribution in [0.3, 0.4) is 0 Å². The van der Waals surface area contributed by atoms with Gasteiger partial charge in [0.25, 0.3) is 0 Å². The van der Waals surface area contributed by atoms with Gasteiger partial charge >= 0.3 is 0 Å². The van der Waals surface area contributed by atoms with Crippen molar-refractivity contribution in [2.45, 2.75) is 13.3 Å². The molecule has 1 amide bonds. The van der Waals surface area contributed by atoms with Crippen LogP contribution in [0.4, 0.5) is 11.4 Å². The fourth-order valence-electron chi connectivity index (χ4n) is 3.55. The number of hydrogen-bond donors (Lipinski definition) is 2. The minimum atomic E-state index is -0.109. The first-order chi connectivity index (χ1) is 13.1. The van der Waals surface area contributed by atoms with Crippen molar-refractivity contribution in [2.24, 2.45) is 0 Å². The van der Waals surface area contributed by atoms with Gasteiger partial charge in [0.05, 0.1) is 19.3 Å². The smallest absolute Gasteiger partial charge is 0.243 e. The van der Waals surface area contributed by atoms with E-state index in [2.05, 4.69) is 47.0 Å². The quantitative estimate of drug-likeness (QED) is 0.547. The van der Waals surface area contributed by atoms with E-state index in [-0.39, 0.29) is 12.5 Å². The molecule has 1 aliphatic rings. The SMILES string of the molecule is COc1ccc(C)cc1NC(=O)CNc1ccc2c(c1)Cc1ccccc1-2. The molecular weight excluding hydrogens is 336 g/mol. The van der Waals surface area contributed by atoms with Gasteiger partial charge in [-0.3, -0.25) is 4.79 Å². The number of anilines is 2. The van der Waals surface area contributed by atoms with Crippen LogP contribution in [0.15, 0.2) is 60.7 Å². The van der Waals surface area contributed by atoms with E-state index in [0.717, 1.165) is 17.7 Å². The number of carbonyl (C=O) groups is 1. The molecule has 0 atom stereocenters. The topological polar surface area (TPSA) is 50.4 Å². The predicted octanol–water partition coefficient (Wildman–Crippen LogP) is 4.63. The molecule has 0 spiro atoms. The molecular formula is C23H22N2O2. The van der Waals surface area contributed by atoms with E-state index < -0.39 is 0 Å². The molecule has 0 aliphatic heterocycles. The summed E-state index contributed by atoms with van der Waals surface area (Å²) in [6.45, 7) is 2.18. The molecule has 4 rings (SSSR count). The first-order valence-corrected chi connectivity index (χ1v) is 9.03. The second kappa shape index (κ2) is 7.16. The highest BCUT2D eigenvalue weighted by Gasteiger charge is 2.18. The number of hydrogen-bond acceptors (Lipinski definition) is 3. The molecule has 3 aromatic rings. The van der Waals surface area contributed by atoms with Gasteiger partial charge in [-0.2, -0.15) is 0 Å². The maximum Gasteiger partial charge on any atom is 0.243 e. The lowest BCUT2D eigenvalue weighted by molar-refractivity contribution is -0.114. The number of nitrogens with one attached hydrogen (secondary N) is 2. The summed E-state index contributed by atoms with van der Waals surface area (Å²) in [5, 5.41) is 6.13. The number of benzene rings is 3. The van der Waals surface area contributed by atoms with Crippen molar-refractivity contribution in [1.29, 1.82) is 0 Å². The third-order valence-corrected chi connectivity index (χ3v) is 4.88. The predicted molar refractivity (Wildman–Crippen MR) is 110 cm³/mol. The Morgan fingerprint density at radius 1 is 1.00 bits per heavy atom. The van der Waals surface area contributed by atoms with E-state index in [0.29, 0.717) is 11.4 Å². The van der Waals surface area contributed by atoms with Gasteiger partial charge in [-0.25, -0.2) is 0 Å². The molecule has 0 radical (unpaired) electrons. The molecule has 136 valence electrons. The van der Waals surface area contributed by atoms with Crippen molar-refractivity contribution in [3.05, 3.63) is 77.4 Å². The summed E-state index contributed by atoms with van der Waals surface area (Å²) < 4.78 is 5.31. The van der Waals surface area contributed by atoms with Gasteiger partial charge in [-0.1, -0.05) is 36.4 Å². The lowest BCUT2D eigenvalue weighted by atomic mass is 10.1. The van der Waals surface area contributed by atoms with Crippen LogP contribution in [-0.2, 0) is 11.2 Å². The van der Waals surface area contributed by atoms with Crippen molar-refractivity contribution in [3.63, 3.8) is 0 Å². The average molecular weight is 358 g/mol. The van der Waals surface area contributed by atoms with Gasteiger partial charge in [0.15, 0.2) is 0 Å². The Morgan fingerprint density at radius 2 is 1.81 bits per heavy atom. The van der Waals surface area contributed by atoms with E-state index in [9.17, 15) is 4.79 Å². The maximum absolute atomic E-state index is 12.3. The normalized spacial score (nSPS) is 11.5. The number of methoxy groups -OCH3 is 1. The molecule has 4 heteroatoms. The molecule has 27 heavy (non-hydrogen) atoms. The summed E-state index contributed by atoms with van der Waals surface area (Å²) >= 11 is 0. The Balaban J connectivity index is 1.42. The Kier molecular flexibility index (Phi) is 4.55. The number of ether oxygens (including phenoxy) is 1. The van der Waals surface area contributed by atoms with Crippen LogP contribution < -0.4 is 15.4 Å². The first kappa shape index (κ1) is 17.2. The second-order valence-electron chi connectivity index (χ2n) is 6.81. The summed E-state index contributed by atoms with van der Waals surface area (Å²) in [6, 6.07) is 20.5. The van der Waals surface area contributed by atoms with Crippen LogP contribution in [0.1, 0.15) is 16.7 Å². The fraction of sp³-hybridized carbons (Fsp3) is 0.174. The highest BCUT2D eigenvalue weighted by atomic mass is 16.5. The van der Waals surface area contributed by atoms with Crippen LogP contribution in [0.5, 0.6) is 5.75 Å². The van der Waals surface area contributed by atoms with Gasteiger partial charge in [-0.05, 0) is 65.4 Å². The number of aryl methyl sites for hydroxylation is 1. The summed E-state index contributed by atoms with van der Waals surface area (Å²) in [6.07, 6.45) is 0.938. The standard InChI is InChI=1S/C23H22N2O2/c1-15-7-10-22(27-2)21(11-15)25-23(26)14-24-18-8-9-20-17(13-18)12-16-5-3-4-6-19(16)20/h3-11,13,24H,12,14H2,1-2H3,(H,25,26). The first-order valence-electron chi connectivity index (χ1n) is 9.03. The number of carbonyl (C=O) groups excluding carboxylic acids is 1. The molecule has 0 bridgehead atoms. The molecule has 0 saturated carbocycles. The summed E-state index contributed by atoms with van der Waals surface area (Å²) in [5.41, 5.74) is 7.95. The molecule has 0 unspecified atom stereocenters. The average Bonchev–Trinajstić information content (AvgIpc) is 3.04. The van der Waals surface area contributed by atoms with Gasteiger partial charge in [0.2, 0.25) is 5.91 Å². The summed E-state index contributed by atoms with van der Waals surface area (Å²) in [5.74, 6) is 0.548. The summed E-state index contributed by atoms with van der Waals surface area (Å²) in [7, 11) is 1.60. The van der Waals surface area contributed by atoms with E-state index in [1.54, 1.807) is 7.11 Å². The van der Waals surface area contributed by atoms with Crippen LogP contribution in [-0.4, -0.2) is 19.6 Å². The van der Waals surface area contributed by atoms with Crippen molar-refractivity contribution >= 4 is 17.3 Å². The number of rotatable bonds is 5. The molecule has 0 aromatic heterocycles. The minimum Gasteiger partial charge on any atom is -0.495 e. The minimum absolute atomic E-state index is 0.109. The van der Waals surface area contributed by atoms with Crippen molar-refractivity contribution < 1.29 is 9.53 Å². The monoisotopic (exact) mass is 358 g/mol. The van der Waals surface area contributed by atoms with Crippen molar-refractivity contribution in [1.82, 2.24) is 0 Å². The Bertz CT molecular complexity index is 1010. The Morgan fingerprint density at radius 3 is 2.67 bits per heavy atom. The molecule has 3 aromatic carbocycles. The van der Waals surface area contributed by atoms with Gasteiger partial charge in [0.1, 0.15) is 5.75 Å². The molecule has 0 saturated heterocycles. The molecule has 2 N–H and O–H groups in total. The number of amides is 1. The molecule has 1 aliphatic carbocycles. The van der Waals surface area contributed by atoms with E-state index in [4.69, 9.17) is 4.74 Å². The molecule has 4 nitrogen and oxygen atoms in total. The van der Waals surface area contributed by atoms with Crippen LogP contribution in [0.25, 0.3) is 11.1 Å². The lowest BCUT2D eigenvalue weighted by Crippen LogP contribution is -2.22. The largest absolute Gasteiger partial charge is 0.495 e. The molecule has 0 heterocycles. The zero-order valence-electron chi connectivity index (χ0n) is 15.5. The van der Waals surface area contributed by atoms with Gasteiger partial charge in [-0.15, -0.1) is 0 Å². The fourth-order valence-corrected chi connectivity index (χ4v) is 3.55. The van der Waals surface area contributed by atoms with Gasteiger partial charge in [0, 0.05) is 5.69 Å². The van der Waals surface area contributed by atoms with Gasteiger partial charge < -0.3 is 15.4 Å². The van der Waals surface area contributed by atoms with Crippen molar-refractivity contribution in [3.8, 4) is 16.9 Å². The number of fused-ring (bicyclic) bond motifs is 3. The van der Waals surface area contributed by atoms with Crippen molar-refractivity contribution in [2.75, 3.05) is 24.3 Å². The Hall–Kier alpha value is -3.27. The highest BCUT2D eigenvalue weighted by molar-refractivity contribution is 5.95. The second-order valence-corrected chi connectivity index (χ2v) is 6.81. The zero-order chi connectivity index (χ0) is 18.8. The summed E-state index contributed by atoms with van der Waals surface area (Å²) in [4.78, 5) is 12.3. The lowest BCUT2D eigenvalue weighted by Gasteiger charge is -2.12. The maximum atomic E-state index is 12.3. The highest BCUT2D eigenvalue weighted by Crippen LogP contribution is 2.37. The third kappa shape index (κ3) is 3.51.